The van der Waals surface area contributed by atoms with Crippen LogP contribution in [-0.2, 0) is 21.3 Å². The van der Waals surface area contributed by atoms with Gasteiger partial charge in [0.1, 0.15) is 0 Å². The molecule has 146 valence electrons. The number of methoxy groups -OCH3 is 1. The van der Waals surface area contributed by atoms with Crippen LogP contribution in [0.25, 0.3) is 0 Å². The molecule has 3 heterocycles. The maximum atomic E-state index is 12.2. The van der Waals surface area contributed by atoms with Gasteiger partial charge in [0.05, 0.1) is 30.8 Å². The minimum Gasteiger partial charge on any atom is -0.493 e. The average Bonchev–Trinajstić information content (AvgIpc) is 3.20. The number of hydrogen-bond donors (Lipinski definition) is 1. The van der Waals surface area contributed by atoms with E-state index in [0.717, 1.165) is 36.4 Å². The molecular formula is C21H27NO5. The second-order valence-electron chi connectivity index (χ2n) is 9.03. The fourth-order valence-electron chi connectivity index (χ4n) is 6.80. The third-order valence-electron chi connectivity index (χ3n) is 7.90. The molecule has 6 heteroatoms. The van der Waals surface area contributed by atoms with E-state index in [9.17, 15) is 5.11 Å². The highest BCUT2D eigenvalue weighted by Gasteiger charge is 2.77. The molecule has 1 saturated carbocycles. The van der Waals surface area contributed by atoms with Gasteiger partial charge in [-0.1, -0.05) is 6.07 Å². The van der Waals surface area contributed by atoms with E-state index in [0.29, 0.717) is 19.4 Å². The number of nitrogens with zero attached hydrogens (tertiary/aromatic N) is 1. The zero-order valence-electron chi connectivity index (χ0n) is 16.2. The summed E-state index contributed by atoms with van der Waals surface area (Å²) in [6.07, 6.45) is 2.66. The van der Waals surface area contributed by atoms with Crippen molar-refractivity contribution < 1.29 is 24.1 Å². The van der Waals surface area contributed by atoms with E-state index >= 15 is 0 Å². The van der Waals surface area contributed by atoms with E-state index in [4.69, 9.17) is 18.9 Å². The quantitative estimate of drug-likeness (QED) is 0.807. The van der Waals surface area contributed by atoms with Gasteiger partial charge >= 0.3 is 0 Å². The number of fused-ring (bicyclic) bond motifs is 1. The van der Waals surface area contributed by atoms with Crippen molar-refractivity contribution in [2.45, 2.75) is 67.7 Å². The van der Waals surface area contributed by atoms with Crippen molar-refractivity contribution >= 4 is 0 Å². The summed E-state index contributed by atoms with van der Waals surface area (Å²) in [5, 5.41) is 12.2. The molecule has 0 radical (unpaired) electrons. The molecule has 1 aromatic carbocycles. The topological polar surface area (TPSA) is 60.4 Å². The number of rotatable bonds is 1. The van der Waals surface area contributed by atoms with Gasteiger partial charge in [0.15, 0.2) is 17.6 Å². The van der Waals surface area contributed by atoms with Gasteiger partial charge in [0, 0.05) is 18.0 Å². The molecule has 0 aromatic heterocycles. The summed E-state index contributed by atoms with van der Waals surface area (Å²) >= 11 is 0. The van der Waals surface area contributed by atoms with E-state index in [1.807, 2.05) is 13.0 Å². The van der Waals surface area contributed by atoms with Crippen LogP contribution in [0.3, 0.4) is 0 Å². The van der Waals surface area contributed by atoms with Gasteiger partial charge in [-0.3, -0.25) is 0 Å². The van der Waals surface area contributed by atoms with Gasteiger partial charge in [-0.05, 0) is 51.4 Å². The third kappa shape index (κ3) is 1.69. The number of likely N-dealkylation sites (N-methyl/N-ethyl adjacent to an activating group) is 1. The first kappa shape index (κ1) is 16.6. The van der Waals surface area contributed by atoms with Gasteiger partial charge in [-0.2, -0.15) is 0 Å². The molecule has 2 bridgehead atoms. The normalized spacial score (nSPS) is 47.0. The van der Waals surface area contributed by atoms with E-state index in [2.05, 4.69) is 18.0 Å². The summed E-state index contributed by atoms with van der Waals surface area (Å²) in [7, 11) is 3.80. The third-order valence-corrected chi connectivity index (χ3v) is 7.90. The highest BCUT2D eigenvalue weighted by atomic mass is 16.8. The lowest BCUT2D eigenvalue weighted by Crippen LogP contribution is -2.79. The maximum Gasteiger partial charge on any atom is 0.207 e. The maximum absolute atomic E-state index is 12.2. The molecular weight excluding hydrogens is 346 g/mol. The molecule has 6 atom stereocenters. The molecule has 0 amide bonds. The monoisotopic (exact) mass is 373 g/mol. The van der Waals surface area contributed by atoms with Crippen LogP contribution in [0.2, 0.25) is 0 Å². The number of aliphatic hydroxyl groups is 1. The minimum absolute atomic E-state index is 0.0342. The van der Waals surface area contributed by atoms with Crippen molar-refractivity contribution in [1.82, 2.24) is 4.90 Å². The van der Waals surface area contributed by atoms with Crippen molar-refractivity contribution in [1.29, 1.82) is 0 Å². The first-order valence-corrected chi connectivity index (χ1v) is 10.1. The van der Waals surface area contributed by atoms with E-state index in [1.165, 1.54) is 5.56 Å². The van der Waals surface area contributed by atoms with Crippen LogP contribution < -0.4 is 9.47 Å². The summed E-state index contributed by atoms with van der Waals surface area (Å²) in [5.74, 6) is 0.734. The van der Waals surface area contributed by atoms with Crippen molar-refractivity contribution in [2.75, 3.05) is 27.3 Å². The van der Waals surface area contributed by atoms with Gasteiger partial charge < -0.3 is 29.0 Å². The zero-order chi connectivity index (χ0) is 18.6. The van der Waals surface area contributed by atoms with Crippen molar-refractivity contribution in [3.8, 4) is 11.5 Å². The van der Waals surface area contributed by atoms with Crippen molar-refractivity contribution in [3.05, 3.63) is 23.3 Å². The van der Waals surface area contributed by atoms with Crippen LogP contribution in [0.15, 0.2) is 12.1 Å². The fraction of sp³-hybridized carbons (Fsp3) is 0.714. The standard InChI is InChI=1S/C21H27NO5/c1-12-11-25-21(27-12)7-6-20(23)15-10-13-4-5-14(24-3)17-16(13)19(20,18(21)26-17)8-9-22(15)2/h4-5,12,15,18,23H,6-11H2,1-3H3/t12?,15-,18?,19+,20?,21?/m1/s1. The van der Waals surface area contributed by atoms with Crippen LogP contribution in [0.1, 0.15) is 37.3 Å². The number of likely N-dealkylation sites (tertiary alicyclic amines) is 1. The summed E-state index contributed by atoms with van der Waals surface area (Å²) < 4.78 is 24.9. The smallest absolute Gasteiger partial charge is 0.207 e. The Morgan fingerprint density at radius 1 is 1.26 bits per heavy atom. The fourth-order valence-corrected chi connectivity index (χ4v) is 6.80. The molecule has 3 aliphatic heterocycles. The van der Waals surface area contributed by atoms with E-state index in [1.54, 1.807) is 7.11 Å². The Kier molecular flexibility index (Phi) is 3.06. The zero-order valence-corrected chi connectivity index (χ0v) is 16.2. The Balaban J connectivity index is 1.63. The van der Waals surface area contributed by atoms with Crippen molar-refractivity contribution in [2.24, 2.45) is 0 Å². The molecule has 3 fully saturated rings. The Hall–Kier alpha value is -1.34. The first-order chi connectivity index (χ1) is 13.0. The van der Waals surface area contributed by atoms with Crippen molar-refractivity contribution in [3.63, 3.8) is 0 Å². The number of hydrogen-bond acceptors (Lipinski definition) is 6. The molecule has 6 nitrogen and oxygen atoms in total. The van der Waals surface area contributed by atoms with Crippen LogP contribution in [0.5, 0.6) is 11.5 Å². The molecule has 6 rings (SSSR count). The summed E-state index contributed by atoms with van der Waals surface area (Å²) in [4.78, 5) is 2.32. The Bertz CT molecular complexity index is 829. The molecule has 5 aliphatic rings. The van der Waals surface area contributed by atoms with Gasteiger partial charge in [-0.25, -0.2) is 0 Å². The minimum atomic E-state index is -0.848. The van der Waals surface area contributed by atoms with Gasteiger partial charge in [-0.15, -0.1) is 0 Å². The second kappa shape index (κ2) is 4.98. The molecule has 1 aromatic rings. The summed E-state index contributed by atoms with van der Waals surface area (Å²) in [6, 6.07) is 4.23. The Morgan fingerprint density at radius 3 is 2.85 bits per heavy atom. The Labute approximate surface area is 159 Å². The highest BCUT2D eigenvalue weighted by Crippen LogP contribution is 2.68. The summed E-state index contributed by atoms with van der Waals surface area (Å²) in [5.41, 5.74) is 1.05. The predicted molar refractivity (Wildman–Crippen MR) is 97.2 cm³/mol. The van der Waals surface area contributed by atoms with Crippen LogP contribution in [0.4, 0.5) is 0 Å². The second-order valence-corrected chi connectivity index (χ2v) is 9.03. The first-order valence-electron chi connectivity index (χ1n) is 10.1. The molecule has 1 N–H and O–H groups in total. The number of ether oxygens (including phenoxy) is 4. The largest absolute Gasteiger partial charge is 0.493 e. The van der Waals surface area contributed by atoms with E-state index in [-0.39, 0.29) is 18.2 Å². The Morgan fingerprint density at radius 2 is 2.11 bits per heavy atom. The SMILES string of the molecule is COc1ccc2c3c1OC1C4(CCC5(O)[C@@H](C2)N(C)CC[C@]315)OCC(C)O4. The molecule has 2 aliphatic carbocycles. The molecule has 2 saturated heterocycles. The predicted octanol–water partition coefficient (Wildman–Crippen LogP) is 1.61. The lowest BCUT2D eigenvalue weighted by atomic mass is 9.48. The van der Waals surface area contributed by atoms with Crippen LogP contribution in [0, 0.1) is 0 Å². The summed E-state index contributed by atoms with van der Waals surface area (Å²) in [6.45, 7) is 3.53. The van der Waals surface area contributed by atoms with Crippen LogP contribution in [-0.4, -0.2) is 67.0 Å². The van der Waals surface area contributed by atoms with Gasteiger partial charge in [0.2, 0.25) is 5.79 Å². The average molecular weight is 373 g/mol. The lowest BCUT2D eigenvalue weighted by Gasteiger charge is -2.64. The van der Waals surface area contributed by atoms with Crippen LogP contribution >= 0.6 is 0 Å². The highest BCUT2D eigenvalue weighted by molar-refractivity contribution is 5.63. The number of benzene rings is 1. The van der Waals surface area contributed by atoms with Gasteiger partial charge in [0.25, 0.3) is 0 Å². The molecule has 2 spiro atoms. The lowest BCUT2D eigenvalue weighted by molar-refractivity contribution is -0.299. The molecule has 4 unspecified atom stereocenters. The molecule has 27 heavy (non-hydrogen) atoms. The van der Waals surface area contributed by atoms with E-state index < -0.39 is 16.8 Å². The number of piperidine rings is 1.